The van der Waals surface area contributed by atoms with Crippen molar-refractivity contribution < 1.29 is 19.5 Å². The van der Waals surface area contributed by atoms with Crippen LogP contribution in [-0.2, 0) is 11.3 Å². The van der Waals surface area contributed by atoms with Gasteiger partial charge in [-0.05, 0) is 37.0 Å². The molecular formula is C19H27N3O4. The van der Waals surface area contributed by atoms with E-state index in [-0.39, 0.29) is 23.4 Å². The van der Waals surface area contributed by atoms with Crippen molar-refractivity contribution in [2.75, 3.05) is 19.6 Å². The van der Waals surface area contributed by atoms with Gasteiger partial charge in [-0.3, -0.25) is 4.79 Å². The number of rotatable bonds is 7. The zero-order valence-corrected chi connectivity index (χ0v) is 15.2. The monoisotopic (exact) mass is 361 g/mol. The highest BCUT2D eigenvalue weighted by Crippen LogP contribution is 2.17. The maximum Gasteiger partial charge on any atom is 0.335 e. The molecule has 1 heterocycles. The van der Waals surface area contributed by atoms with Gasteiger partial charge in [-0.2, -0.15) is 0 Å². The summed E-state index contributed by atoms with van der Waals surface area (Å²) in [6.07, 6.45) is 3.61. The van der Waals surface area contributed by atoms with E-state index < -0.39 is 5.97 Å². The average Bonchev–Trinajstić information content (AvgIpc) is 2.66. The first-order valence-corrected chi connectivity index (χ1v) is 9.14. The quantitative estimate of drug-likeness (QED) is 0.649. The Morgan fingerprint density at radius 3 is 2.58 bits per heavy atom. The summed E-state index contributed by atoms with van der Waals surface area (Å²) < 4.78 is 0. The van der Waals surface area contributed by atoms with Crippen LogP contribution in [0.3, 0.4) is 0 Å². The van der Waals surface area contributed by atoms with Crippen molar-refractivity contribution in [3.05, 3.63) is 35.4 Å². The maximum atomic E-state index is 12.4. The summed E-state index contributed by atoms with van der Waals surface area (Å²) in [7, 11) is 0. The molecule has 1 atom stereocenters. The summed E-state index contributed by atoms with van der Waals surface area (Å²) in [5.41, 5.74) is 1.04. The number of benzene rings is 1. The highest BCUT2D eigenvalue weighted by atomic mass is 16.4. The van der Waals surface area contributed by atoms with Crippen LogP contribution < -0.4 is 10.6 Å². The van der Waals surface area contributed by atoms with Crippen LogP contribution in [0.15, 0.2) is 24.3 Å². The molecule has 1 aromatic rings. The number of amides is 3. The standard InChI is InChI=1S/C19H27N3O4/c1-2-3-10-20-17(23)16-5-4-11-22(13-16)19(26)21-12-14-6-8-15(9-7-14)18(24)25/h6-9,16H,2-5,10-13H2,1H3,(H,20,23)(H,21,26)(H,24,25). The fourth-order valence-electron chi connectivity index (χ4n) is 2.96. The average molecular weight is 361 g/mol. The van der Waals surface area contributed by atoms with E-state index in [1.807, 2.05) is 0 Å². The summed E-state index contributed by atoms with van der Waals surface area (Å²) >= 11 is 0. The number of aromatic carboxylic acids is 1. The minimum atomic E-state index is -0.975. The van der Waals surface area contributed by atoms with Crippen LogP contribution >= 0.6 is 0 Å². The van der Waals surface area contributed by atoms with Crippen molar-refractivity contribution >= 4 is 17.9 Å². The summed E-state index contributed by atoms with van der Waals surface area (Å²) in [4.78, 5) is 37.1. The molecule has 142 valence electrons. The van der Waals surface area contributed by atoms with Crippen LogP contribution in [0, 0.1) is 5.92 Å². The summed E-state index contributed by atoms with van der Waals surface area (Å²) in [6, 6.07) is 6.20. The maximum absolute atomic E-state index is 12.4. The lowest BCUT2D eigenvalue weighted by Crippen LogP contribution is -2.48. The smallest absolute Gasteiger partial charge is 0.335 e. The van der Waals surface area contributed by atoms with E-state index in [4.69, 9.17) is 5.11 Å². The van der Waals surface area contributed by atoms with Gasteiger partial charge >= 0.3 is 12.0 Å². The third-order valence-electron chi connectivity index (χ3n) is 4.55. The Kier molecular flexibility index (Phi) is 7.44. The SMILES string of the molecule is CCCCNC(=O)C1CCCN(C(=O)NCc2ccc(C(=O)O)cc2)C1. The van der Waals surface area contributed by atoms with Crippen molar-refractivity contribution in [3.8, 4) is 0 Å². The number of piperidine rings is 1. The van der Waals surface area contributed by atoms with Crippen LogP contribution in [0.2, 0.25) is 0 Å². The second-order valence-corrected chi connectivity index (χ2v) is 6.59. The predicted octanol–water partition coefficient (Wildman–Crippen LogP) is 2.22. The van der Waals surface area contributed by atoms with Gasteiger partial charge in [-0.25, -0.2) is 9.59 Å². The Morgan fingerprint density at radius 2 is 1.92 bits per heavy atom. The minimum Gasteiger partial charge on any atom is -0.478 e. The van der Waals surface area contributed by atoms with Crippen LogP contribution in [0.1, 0.15) is 48.5 Å². The molecule has 26 heavy (non-hydrogen) atoms. The Hall–Kier alpha value is -2.57. The summed E-state index contributed by atoms with van der Waals surface area (Å²) in [5, 5.41) is 14.7. The van der Waals surface area contributed by atoms with Crippen molar-refractivity contribution in [2.24, 2.45) is 5.92 Å². The van der Waals surface area contributed by atoms with Gasteiger partial charge in [0.1, 0.15) is 0 Å². The Balaban J connectivity index is 1.81. The van der Waals surface area contributed by atoms with Crippen LogP contribution in [0.5, 0.6) is 0 Å². The molecule has 1 aliphatic heterocycles. The number of hydrogen-bond donors (Lipinski definition) is 3. The number of carbonyl (C=O) groups excluding carboxylic acids is 2. The van der Waals surface area contributed by atoms with E-state index in [2.05, 4.69) is 17.6 Å². The predicted molar refractivity (Wildman–Crippen MR) is 97.9 cm³/mol. The molecule has 1 aromatic carbocycles. The van der Waals surface area contributed by atoms with E-state index in [1.54, 1.807) is 17.0 Å². The molecule has 1 fully saturated rings. The van der Waals surface area contributed by atoms with Gasteiger partial charge in [0.25, 0.3) is 0 Å². The highest BCUT2D eigenvalue weighted by molar-refractivity contribution is 5.87. The van der Waals surface area contributed by atoms with E-state index in [0.29, 0.717) is 26.2 Å². The Bertz CT molecular complexity index is 630. The molecule has 0 aliphatic carbocycles. The third kappa shape index (κ3) is 5.75. The zero-order valence-electron chi connectivity index (χ0n) is 15.2. The number of carboxylic acid groups (broad SMARTS) is 1. The lowest BCUT2D eigenvalue weighted by Gasteiger charge is -2.32. The number of nitrogens with zero attached hydrogens (tertiary/aromatic N) is 1. The van der Waals surface area contributed by atoms with Gasteiger partial charge in [0, 0.05) is 26.2 Å². The molecule has 0 spiro atoms. The molecule has 0 aromatic heterocycles. The molecule has 7 heteroatoms. The second kappa shape index (κ2) is 9.79. The molecule has 3 N–H and O–H groups in total. The first-order chi connectivity index (χ1) is 12.5. The van der Waals surface area contributed by atoms with Gasteiger partial charge in [0.05, 0.1) is 11.5 Å². The van der Waals surface area contributed by atoms with Gasteiger partial charge in [0.2, 0.25) is 5.91 Å². The lowest BCUT2D eigenvalue weighted by atomic mass is 9.97. The van der Waals surface area contributed by atoms with Crippen molar-refractivity contribution in [2.45, 2.75) is 39.2 Å². The van der Waals surface area contributed by atoms with Crippen molar-refractivity contribution in [1.29, 1.82) is 0 Å². The fraction of sp³-hybridized carbons (Fsp3) is 0.526. The number of carbonyl (C=O) groups is 3. The van der Waals surface area contributed by atoms with Crippen LogP contribution in [0.25, 0.3) is 0 Å². The molecule has 0 saturated carbocycles. The fourth-order valence-corrected chi connectivity index (χ4v) is 2.96. The second-order valence-electron chi connectivity index (χ2n) is 6.59. The molecule has 3 amide bonds. The molecule has 2 rings (SSSR count). The third-order valence-corrected chi connectivity index (χ3v) is 4.55. The number of carboxylic acids is 1. The van der Waals surface area contributed by atoms with E-state index >= 15 is 0 Å². The van der Waals surface area contributed by atoms with E-state index in [9.17, 15) is 14.4 Å². The summed E-state index contributed by atoms with van der Waals surface area (Å²) in [5.74, 6) is -1.10. The van der Waals surface area contributed by atoms with E-state index in [1.165, 1.54) is 12.1 Å². The van der Waals surface area contributed by atoms with Crippen molar-refractivity contribution in [3.63, 3.8) is 0 Å². The number of hydrogen-bond acceptors (Lipinski definition) is 3. The molecule has 1 saturated heterocycles. The topological polar surface area (TPSA) is 98.7 Å². The van der Waals surface area contributed by atoms with Gasteiger partial charge in [0.15, 0.2) is 0 Å². The van der Waals surface area contributed by atoms with Crippen molar-refractivity contribution in [1.82, 2.24) is 15.5 Å². The lowest BCUT2D eigenvalue weighted by molar-refractivity contribution is -0.126. The number of urea groups is 1. The summed E-state index contributed by atoms with van der Waals surface area (Å²) in [6.45, 7) is 4.16. The zero-order chi connectivity index (χ0) is 18.9. The largest absolute Gasteiger partial charge is 0.478 e. The number of nitrogens with one attached hydrogen (secondary N) is 2. The molecule has 1 unspecified atom stereocenters. The number of unbranched alkanes of at least 4 members (excludes halogenated alkanes) is 1. The molecule has 0 bridgehead atoms. The normalized spacial score (nSPS) is 16.8. The van der Waals surface area contributed by atoms with Crippen LogP contribution in [0.4, 0.5) is 4.79 Å². The molecule has 7 nitrogen and oxygen atoms in total. The Morgan fingerprint density at radius 1 is 1.19 bits per heavy atom. The number of likely N-dealkylation sites (tertiary alicyclic amines) is 1. The first kappa shape index (κ1) is 19.8. The first-order valence-electron chi connectivity index (χ1n) is 9.14. The van der Waals surface area contributed by atoms with Gasteiger partial charge in [-0.1, -0.05) is 25.5 Å². The highest BCUT2D eigenvalue weighted by Gasteiger charge is 2.28. The van der Waals surface area contributed by atoms with Gasteiger partial charge < -0.3 is 20.6 Å². The van der Waals surface area contributed by atoms with E-state index in [0.717, 1.165) is 31.2 Å². The Labute approximate surface area is 153 Å². The molecule has 0 radical (unpaired) electrons. The van der Waals surface area contributed by atoms with Gasteiger partial charge in [-0.15, -0.1) is 0 Å². The molecular weight excluding hydrogens is 334 g/mol. The molecule has 1 aliphatic rings. The minimum absolute atomic E-state index is 0.0280. The van der Waals surface area contributed by atoms with Crippen LogP contribution in [-0.4, -0.2) is 47.5 Å².